The summed E-state index contributed by atoms with van der Waals surface area (Å²) < 4.78 is 151. The van der Waals surface area contributed by atoms with E-state index in [1.807, 2.05) is 43.3 Å². The quantitative estimate of drug-likeness (QED) is 0.133. The molecule has 0 N–H and O–H groups in total. The molecule has 0 unspecified atom stereocenters. The monoisotopic (exact) mass is 1720 g/mol. The number of benzene rings is 7. The Kier molecular flexibility index (Phi) is 37.5. The third kappa shape index (κ3) is 26.1. The lowest BCUT2D eigenvalue weighted by Gasteiger charge is -2.37. The fourth-order valence-electron chi connectivity index (χ4n) is 19.9. The van der Waals surface area contributed by atoms with Crippen molar-refractivity contribution in [3.63, 3.8) is 0 Å². The molecule has 0 radical (unpaired) electrons. The second-order valence-corrected chi connectivity index (χ2v) is 39.2. The summed E-state index contributed by atoms with van der Waals surface area (Å²) in [5.74, 6) is 3.55. The van der Waals surface area contributed by atoms with Crippen molar-refractivity contribution in [1.82, 2.24) is 0 Å². The van der Waals surface area contributed by atoms with E-state index in [1.54, 1.807) is 90.1 Å². The molecule has 0 heterocycles. The van der Waals surface area contributed by atoms with Crippen LogP contribution in [0.25, 0.3) is 0 Å². The van der Waals surface area contributed by atoms with Gasteiger partial charge < -0.3 is 0 Å². The first-order valence-electron chi connectivity index (χ1n) is 45.2. The molecular weight excluding hydrogens is 1560 g/mol. The van der Waals surface area contributed by atoms with Gasteiger partial charge in [-0.05, 0) is 337 Å². The molecule has 7 aromatic rings. The third-order valence-electron chi connectivity index (χ3n) is 28.8. The van der Waals surface area contributed by atoms with Crippen LogP contribution in [0.3, 0.4) is 0 Å². The van der Waals surface area contributed by atoms with Gasteiger partial charge in [0.05, 0.1) is 15.1 Å². The number of hydrogen-bond donors (Lipinski definition) is 0. The van der Waals surface area contributed by atoms with Crippen molar-refractivity contribution in [3.05, 3.63) is 242 Å². The van der Waals surface area contributed by atoms with Crippen molar-refractivity contribution in [2.75, 3.05) is 0 Å². The van der Waals surface area contributed by atoms with Gasteiger partial charge in [0.15, 0.2) is 46.5 Å². The highest BCUT2D eigenvalue weighted by atomic mass is 35.5. The van der Waals surface area contributed by atoms with Crippen molar-refractivity contribution in [3.8, 4) is 0 Å². The van der Waals surface area contributed by atoms with Crippen LogP contribution >= 0.6 is 34.8 Å². The zero-order valence-electron chi connectivity index (χ0n) is 73.2. The van der Waals surface area contributed by atoms with Crippen molar-refractivity contribution >= 4 is 34.8 Å². The van der Waals surface area contributed by atoms with Crippen molar-refractivity contribution in [2.45, 2.75) is 344 Å². The van der Waals surface area contributed by atoms with Gasteiger partial charge in [-0.15, -0.1) is 0 Å². The summed E-state index contributed by atoms with van der Waals surface area (Å²) in [6.45, 7) is 27.7. The molecule has 7 aromatic carbocycles. The van der Waals surface area contributed by atoms with Crippen LogP contribution in [0.15, 0.2) is 84.9 Å². The molecule has 0 aliphatic heterocycles. The van der Waals surface area contributed by atoms with E-state index in [0.29, 0.717) is 88.5 Å². The predicted octanol–water partition coefficient (Wildman–Crippen LogP) is 37.3. The second kappa shape index (κ2) is 45.9. The first kappa shape index (κ1) is 96.5. The average molecular weight is 1720 g/mol. The van der Waals surface area contributed by atoms with Gasteiger partial charge in [0.1, 0.15) is 17.5 Å². The average Bonchev–Trinajstić information content (AvgIpc) is 0.791. The minimum absolute atomic E-state index is 0. The highest BCUT2D eigenvalue weighted by Crippen LogP contribution is 2.48. The zero-order chi connectivity index (χ0) is 85.9. The molecule has 0 aromatic heterocycles. The maximum atomic E-state index is 14.2. The molecule has 8 saturated carbocycles. The Morgan fingerprint density at radius 2 is 0.331 bits per heavy atom. The van der Waals surface area contributed by atoms with Gasteiger partial charge in [-0.3, -0.25) is 0 Å². The Bertz CT molecular complexity index is 3770. The molecule has 0 atom stereocenters. The van der Waals surface area contributed by atoms with E-state index in [1.165, 1.54) is 77.0 Å². The molecule has 14 heteroatoms. The molecule has 666 valence electrons. The third-order valence-corrected chi connectivity index (χ3v) is 30.0. The number of hydrogen-bond acceptors (Lipinski definition) is 0. The van der Waals surface area contributed by atoms with E-state index >= 15 is 0 Å². The molecule has 0 bridgehead atoms. The Morgan fingerprint density at radius 1 is 0.178 bits per heavy atom. The van der Waals surface area contributed by atoms with Crippen LogP contribution in [0, 0.1) is 166 Å². The first-order chi connectivity index (χ1) is 56.1. The Hall–Kier alpha value is -5.36. The smallest absolute Gasteiger partial charge is 0.162 e. The maximum absolute atomic E-state index is 14.2. The Morgan fingerprint density at radius 3 is 0.551 bits per heavy atom. The van der Waals surface area contributed by atoms with Crippen LogP contribution in [-0.4, -0.2) is 0 Å². The lowest BCUT2D eigenvalue weighted by Crippen LogP contribution is -2.25. The van der Waals surface area contributed by atoms with Crippen LogP contribution in [0.2, 0.25) is 15.1 Å². The molecule has 8 aliphatic rings. The molecule has 8 aliphatic carbocycles. The van der Waals surface area contributed by atoms with Gasteiger partial charge in [0.2, 0.25) is 0 Å². The Labute approximate surface area is 729 Å². The van der Waals surface area contributed by atoms with E-state index in [9.17, 15) is 48.3 Å². The van der Waals surface area contributed by atoms with E-state index in [0.717, 1.165) is 204 Å². The van der Waals surface area contributed by atoms with Gasteiger partial charge in [-0.1, -0.05) is 258 Å². The molecule has 0 nitrogen and oxygen atoms in total. The minimum atomic E-state index is -0.670. The van der Waals surface area contributed by atoms with Crippen molar-refractivity contribution in [1.29, 1.82) is 0 Å². The van der Waals surface area contributed by atoms with Crippen LogP contribution in [-0.2, 0) is 0 Å². The molecule has 15 rings (SSSR count). The summed E-state index contributed by atoms with van der Waals surface area (Å²) in [6.07, 6.45) is 36.7. The van der Waals surface area contributed by atoms with Crippen LogP contribution in [0.4, 0.5) is 48.3 Å². The fourth-order valence-corrected chi connectivity index (χ4v) is 20.8. The van der Waals surface area contributed by atoms with Gasteiger partial charge >= 0.3 is 0 Å². The molecule has 118 heavy (non-hydrogen) atoms. The van der Waals surface area contributed by atoms with E-state index in [4.69, 9.17) is 34.8 Å². The largest absolute Gasteiger partial charge is 0.205 e. The SMILES string of the molecule is Cc1ccc(C2CCC(C)CC2)c(Cl)c1F.Cc1ccc(C2CCC(C)CC2)c(Cl)c1F.Cc1ccc(C2CCC(C)CC2)c(F)c1Cl.Cc1ccc(C2CCC(C)CC2)c(F)c1F.Cc1ccc(C2CCC(C)CC2)c(F)c1F.Cc1ccc(C2CCC(C)CC2)c(F)c1F.Cc1ccc(C2CCC(C3CCC(C)CC3)CC2)c(F)c1F.[HH].[HH].[HH].[HH].[HH].[HH].[HH].[HH]. The topological polar surface area (TPSA) is 0 Å². The predicted molar refractivity (Wildman–Crippen MR) is 488 cm³/mol. The highest BCUT2D eigenvalue weighted by molar-refractivity contribution is 6.32. The maximum Gasteiger partial charge on any atom is 0.162 e. The second-order valence-electron chi connectivity index (χ2n) is 38.1. The standard InChI is InChI=1S/C20H28F2.3C14H18ClF.3C14H18F2.8H2/c1-13-3-6-15(7-4-13)16-8-10-17(11-9-16)18-12-5-14(2)19(21)20(18)22;2*1-9-3-6-11(7-4-9)12-8-5-10(2)14(16)13(12)15;4*1-9-3-6-11(7-4-9)12-8-5-10(2)13(15)14(12)16;;;;;;;;/h5,12-13,15-17H,3-4,6-11H2,1-2H3;6*5,8-9,11H,3-4,6-7H2,1-2H3;8*1H. The summed E-state index contributed by atoms with van der Waals surface area (Å²) >= 11 is 18.1. The first-order valence-corrected chi connectivity index (χ1v) is 46.4. The molecule has 8 fully saturated rings. The zero-order valence-corrected chi connectivity index (χ0v) is 75.5. The van der Waals surface area contributed by atoms with E-state index in [-0.39, 0.29) is 52.5 Å². The van der Waals surface area contributed by atoms with Crippen LogP contribution in [0.5, 0.6) is 0 Å². The van der Waals surface area contributed by atoms with Crippen molar-refractivity contribution in [2.24, 2.45) is 53.3 Å². The number of halogens is 14. The number of rotatable bonds is 8. The minimum Gasteiger partial charge on any atom is -0.205 e. The summed E-state index contributed by atoms with van der Waals surface area (Å²) in [4.78, 5) is 0. The fraction of sp³-hybridized carbons (Fsp3) is 0.596. The normalized spacial score (nSPS) is 27.1. The molecule has 0 spiro atoms. The summed E-state index contributed by atoms with van der Waals surface area (Å²) in [6, 6.07) is 25.4. The molecule has 0 amide bonds. The summed E-state index contributed by atoms with van der Waals surface area (Å²) in [7, 11) is 0. The van der Waals surface area contributed by atoms with Gasteiger partial charge in [0.25, 0.3) is 0 Å². The lowest BCUT2D eigenvalue weighted by molar-refractivity contribution is 0.164. The van der Waals surface area contributed by atoms with E-state index in [2.05, 4.69) is 48.5 Å². The summed E-state index contributed by atoms with van der Waals surface area (Å²) in [5, 5.41) is 0.996. The lowest BCUT2D eigenvalue weighted by atomic mass is 9.68. The molecule has 0 saturated heterocycles. The van der Waals surface area contributed by atoms with Crippen LogP contribution < -0.4 is 0 Å². The Balaban J connectivity index is 0.000000730. The van der Waals surface area contributed by atoms with Gasteiger partial charge in [0, 0.05) is 11.4 Å². The van der Waals surface area contributed by atoms with Gasteiger partial charge in [-0.25, -0.2) is 48.3 Å². The summed E-state index contributed by atoms with van der Waals surface area (Å²) in [5.41, 5.74) is 8.88. The molecular formula is C104H152Cl3F11. The van der Waals surface area contributed by atoms with E-state index < -0.39 is 46.5 Å². The van der Waals surface area contributed by atoms with Crippen molar-refractivity contribution < 1.29 is 59.7 Å². The van der Waals surface area contributed by atoms with Gasteiger partial charge in [-0.2, -0.15) is 0 Å². The number of aryl methyl sites for hydroxylation is 7. The highest BCUT2D eigenvalue weighted by Gasteiger charge is 2.34. The van der Waals surface area contributed by atoms with Crippen LogP contribution in [0.1, 0.15) is 385 Å².